The summed E-state index contributed by atoms with van der Waals surface area (Å²) in [7, 11) is -2.86. The summed E-state index contributed by atoms with van der Waals surface area (Å²) in [5.41, 5.74) is 0. The Morgan fingerprint density at radius 1 is 1.27 bits per heavy atom. The average Bonchev–Trinajstić information content (AvgIpc) is 2.28. The van der Waals surface area contributed by atoms with Crippen molar-refractivity contribution >= 4 is 15.6 Å². The molecule has 88 valence electrons. The molecule has 0 spiro atoms. The van der Waals surface area contributed by atoms with Crippen LogP contribution in [-0.2, 0) is 14.6 Å². The zero-order chi connectivity index (χ0) is 11.5. The summed E-state index contributed by atoms with van der Waals surface area (Å²) in [4.78, 5) is 13.4. The van der Waals surface area contributed by atoms with Gasteiger partial charge in [-0.3, -0.25) is 9.69 Å². The van der Waals surface area contributed by atoms with Crippen LogP contribution in [0.1, 0.15) is 20.3 Å². The number of hydrogen-bond donors (Lipinski definition) is 0. The Labute approximate surface area is 91.6 Å². The predicted octanol–water partition coefficient (Wildman–Crippen LogP) is 0.332. The van der Waals surface area contributed by atoms with Crippen molar-refractivity contribution in [1.82, 2.24) is 4.90 Å². The highest BCUT2D eigenvalue weighted by Crippen LogP contribution is 2.06. The number of carbonyl (C=O) groups is 1. The fourth-order valence-electron chi connectivity index (χ4n) is 1.55. The Bertz CT molecular complexity index is 322. The van der Waals surface area contributed by atoms with Crippen LogP contribution in [0.4, 0.5) is 0 Å². The van der Waals surface area contributed by atoms with Crippen LogP contribution in [0.5, 0.6) is 0 Å². The average molecular weight is 233 g/mol. The van der Waals surface area contributed by atoms with Crippen LogP contribution in [0.15, 0.2) is 0 Å². The Kier molecular flexibility index (Phi) is 4.28. The first-order chi connectivity index (χ1) is 6.91. The lowest BCUT2D eigenvalue weighted by Gasteiger charge is -2.19. The molecular formula is C10H19NO3S. The van der Waals surface area contributed by atoms with Crippen molar-refractivity contribution in [3.63, 3.8) is 0 Å². The van der Waals surface area contributed by atoms with Gasteiger partial charge in [-0.1, -0.05) is 13.8 Å². The van der Waals surface area contributed by atoms with E-state index >= 15 is 0 Å². The second-order valence-electron chi connectivity index (χ2n) is 4.40. The van der Waals surface area contributed by atoms with E-state index in [-0.39, 0.29) is 23.2 Å². The third kappa shape index (κ3) is 4.30. The number of rotatable bonds is 3. The monoisotopic (exact) mass is 233 g/mol. The smallest absolute Gasteiger partial charge is 0.151 e. The molecule has 0 atom stereocenters. The molecule has 0 saturated carbocycles. The Hall–Kier alpha value is -0.420. The highest BCUT2D eigenvalue weighted by molar-refractivity contribution is 7.91. The lowest BCUT2D eigenvalue weighted by Crippen LogP contribution is -2.34. The van der Waals surface area contributed by atoms with E-state index in [0.717, 1.165) is 6.54 Å². The summed E-state index contributed by atoms with van der Waals surface area (Å²) < 4.78 is 22.6. The highest BCUT2D eigenvalue weighted by atomic mass is 32.2. The van der Waals surface area contributed by atoms with Crippen molar-refractivity contribution in [2.75, 3.05) is 31.1 Å². The molecule has 0 N–H and O–H groups in total. The van der Waals surface area contributed by atoms with E-state index in [2.05, 4.69) is 0 Å². The van der Waals surface area contributed by atoms with Crippen molar-refractivity contribution in [2.24, 2.45) is 5.92 Å². The van der Waals surface area contributed by atoms with E-state index in [0.29, 0.717) is 19.5 Å². The maximum absolute atomic E-state index is 11.5. The molecule has 0 aromatic rings. The van der Waals surface area contributed by atoms with Crippen LogP contribution in [-0.4, -0.2) is 50.2 Å². The molecule has 1 saturated heterocycles. The van der Waals surface area contributed by atoms with E-state index in [9.17, 15) is 13.2 Å². The minimum absolute atomic E-state index is 0.0323. The molecule has 0 unspecified atom stereocenters. The standard InChI is InChI=1S/C10H19NO3S/c1-9(2)10(12)8-11-4-3-6-15(13,14)7-5-11/h9H,3-8H2,1-2H3. The Morgan fingerprint density at radius 2 is 1.93 bits per heavy atom. The van der Waals surface area contributed by atoms with E-state index in [1.165, 1.54) is 0 Å². The van der Waals surface area contributed by atoms with Gasteiger partial charge < -0.3 is 0 Å². The molecule has 1 rings (SSSR count). The number of carbonyl (C=O) groups excluding carboxylic acids is 1. The molecule has 0 radical (unpaired) electrons. The minimum Gasteiger partial charge on any atom is -0.298 e. The van der Waals surface area contributed by atoms with Gasteiger partial charge in [-0.2, -0.15) is 0 Å². The summed E-state index contributed by atoms with van der Waals surface area (Å²) in [6.45, 7) is 5.36. The lowest BCUT2D eigenvalue weighted by atomic mass is 10.1. The fraction of sp³-hybridized carbons (Fsp3) is 0.900. The van der Waals surface area contributed by atoms with Crippen LogP contribution < -0.4 is 0 Å². The van der Waals surface area contributed by atoms with Gasteiger partial charge in [-0.15, -0.1) is 0 Å². The summed E-state index contributed by atoms with van der Waals surface area (Å²) >= 11 is 0. The predicted molar refractivity (Wildman–Crippen MR) is 59.6 cm³/mol. The lowest BCUT2D eigenvalue weighted by molar-refractivity contribution is -0.123. The van der Waals surface area contributed by atoms with Crippen molar-refractivity contribution in [3.05, 3.63) is 0 Å². The van der Waals surface area contributed by atoms with Crippen molar-refractivity contribution in [2.45, 2.75) is 20.3 Å². The number of Topliss-reactive ketones (excluding diaryl/α,β-unsaturated/α-hetero) is 1. The van der Waals surface area contributed by atoms with Gasteiger partial charge in [-0.25, -0.2) is 8.42 Å². The second kappa shape index (κ2) is 5.07. The summed E-state index contributed by atoms with van der Waals surface area (Å²) in [6, 6.07) is 0. The zero-order valence-electron chi connectivity index (χ0n) is 9.40. The van der Waals surface area contributed by atoms with Gasteiger partial charge in [0.2, 0.25) is 0 Å². The molecule has 0 amide bonds. The minimum atomic E-state index is -2.86. The Balaban J connectivity index is 2.48. The first-order valence-corrected chi connectivity index (χ1v) is 7.18. The molecule has 15 heavy (non-hydrogen) atoms. The van der Waals surface area contributed by atoms with Gasteiger partial charge in [0.1, 0.15) is 5.78 Å². The van der Waals surface area contributed by atoms with Crippen LogP contribution in [0.25, 0.3) is 0 Å². The van der Waals surface area contributed by atoms with Crippen LogP contribution in [0, 0.1) is 5.92 Å². The van der Waals surface area contributed by atoms with Gasteiger partial charge in [-0.05, 0) is 13.0 Å². The summed E-state index contributed by atoms with van der Waals surface area (Å²) in [5.74, 6) is 0.678. The van der Waals surface area contributed by atoms with Gasteiger partial charge >= 0.3 is 0 Å². The third-order valence-corrected chi connectivity index (χ3v) is 4.39. The molecule has 1 heterocycles. The Morgan fingerprint density at radius 3 is 2.53 bits per heavy atom. The molecule has 1 aliphatic rings. The van der Waals surface area contributed by atoms with E-state index in [1.54, 1.807) is 0 Å². The summed E-state index contributed by atoms with van der Waals surface area (Å²) in [6.07, 6.45) is 0.647. The SMILES string of the molecule is CC(C)C(=O)CN1CCCS(=O)(=O)CC1. The number of nitrogens with zero attached hydrogens (tertiary/aromatic N) is 1. The van der Waals surface area contributed by atoms with Crippen molar-refractivity contribution in [3.8, 4) is 0 Å². The van der Waals surface area contributed by atoms with Crippen molar-refractivity contribution in [1.29, 1.82) is 0 Å². The molecule has 0 bridgehead atoms. The molecule has 1 fully saturated rings. The summed E-state index contributed by atoms with van der Waals surface area (Å²) in [5, 5.41) is 0. The number of ketones is 1. The first kappa shape index (κ1) is 12.6. The topological polar surface area (TPSA) is 54.5 Å². The first-order valence-electron chi connectivity index (χ1n) is 5.36. The molecule has 0 aromatic heterocycles. The third-order valence-electron chi connectivity index (χ3n) is 2.67. The second-order valence-corrected chi connectivity index (χ2v) is 6.71. The van der Waals surface area contributed by atoms with E-state index < -0.39 is 9.84 Å². The number of sulfone groups is 1. The van der Waals surface area contributed by atoms with Gasteiger partial charge in [0.25, 0.3) is 0 Å². The van der Waals surface area contributed by atoms with Gasteiger partial charge in [0.05, 0.1) is 18.1 Å². The molecule has 0 aliphatic carbocycles. The van der Waals surface area contributed by atoms with Gasteiger partial charge in [0.15, 0.2) is 9.84 Å². The molecule has 1 aliphatic heterocycles. The van der Waals surface area contributed by atoms with Gasteiger partial charge in [0, 0.05) is 12.5 Å². The maximum atomic E-state index is 11.5. The normalized spacial score (nSPS) is 22.6. The fourth-order valence-corrected chi connectivity index (χ4v) is 2.86. The van der Waals surface area contributed by atoms with E-state index in [1.807, 2.05) is 18.7 Å². The number of hydrogen-bond acceptors (Lipinski definition) is 4. The largest absolute Gasteiger partial charge is 0.298 e. The maximum Gasteiger partial charge on any atom is 0.151 e. The quantitative estimate of drug-likeness (QED) is 0.705. The van der Waals surface area contributed by atoms with Crippen LogP contribution >= 0.6 is 0 Å². The molecule has 5 heteroatoms. The molecule has 4 nitrogen and oxygen atoms in total. The van der Waals surface area contributed by atoms with E-state index in [4.69, 9.17) is 0 Å². The van der Waals surface area contributed by atoms with Crippen LogP contribution in [0.3, 0.4) is 0 Å². The molecular weight excluding hydrogens is 214 g/mol. The van der Waals surface area contributed by atoms with Crippen molar-refractivity contribution < 1.29 is 13.2 Å². The van der Waals surface area contributed by atoms with Crippen LogP contribution in [0.2, 0.25) is 0 Å². The highest BCUT2D eigenvalue weighted by Gasteiger charge is 2.21. The molecule has 0 aromatic carbocycles. The zero-order valence-corrected chi connectivity index (χ0v) is 10.2.